The molecule has 1 heterocycles. The average Bonchev–Trinajstić information content (AvgIpc) is 2.70. The van der Waals surface area contributed by atoms with Crippen molar-refractivity contribution >= 4 is 11.6 Å². The van der Waals surface area contributed by atoms with Gasteiger partial charge in [0.2, 0.25) is 0 Å². The normalized spacial score (nSPS) is 11.6. The fraction of sp³-hybridized carbons (Fsp3) is 0.182. The Balaban J connectivity index is 2.35. The second kappa shape index (κ2) is 4.74. The van der Waals surface area contributed by atoms with E-state index in [2.05, 4.69) is 14.8 Å². The fourth-order valence-corrected chi connectivity index (χ4v) is 1.40. The molecule has 0 aliphatic carbocycles. The minimum absolute atomic E-state index is 0.161. The molecule has 1 aromatic carbocycles. The molecule has 0 radical (unpaired) electrons. The molecule has 0 spiro atoms. The van der Waals surface area contributed by atoms with E-state index in [-0.39, 0.29) is 5.69 Å². The van der Waals surface area contributed by atoms with Gasteiger partial charge in [-0.25, -0.2) is 4.79 Å². The van der Waals surface area contributed by atoms with Crippen LogP contribution in [-0.2, 0) is 7.05 Å². The van der Waals surface area contributed by atoms with Gasteiger partial charge in [-0.1, -0.05) is 4.68 Å². The van der Waals surface area contributed by atoms with Crippen LogP contribution in [0.4, 0.5) is 5.69 Å². The summed E-state index contributed by atoms with van der Waals surface area (Å²) in [7, 11) is 3.03. The summed E-state index contributed by atoms with van der Waals surface area (Å²) in [5.41, 5.74) is -0.480. The van der Waals surface area contributed by atoms with Gasteiger partial charge in [0.05, 0.1) is 18.7 Å². The molecule has 1 aromatic heterocycles. The molecule has 94 valence electrons. The minimum Gasteiger partial charge on any atom is -0.854 e. The summed E-state index contributed by atoms with van der Waals surface area (Å²) in [6.07, 6.45) is 0. The number of H-pyrrole nitrogens is 1. The highest BCUT2D eigenvalue weighted by atomic mass is 16.5. The first kappa shape index (κ1) is 11.9. The van der Waals surface area contributed by atoms with Gasteiger partial charge >= 0.3 is 11.3 Å². The van der Waals surface area contributed by atoms with Gasteiger partial charge in [-0.15, -0.1) is 0 Å². The summed E-state index contributed by atoms with van der Waals surface area (Å²) < 4.78 is 10.6. The van der Waals surface area contributed by atoms with Crippen LogP contribution < -0.4 is 20.2 Å². The lowest BCUT2D eigenvalue weighted by Crippen LogP contribution is -2.43. The number of aliphatic imine (C=N–C) groups is 1. The molecular weight excluding hydrogens is 238 g/mol. The molecule has 0 fully saturated rings. The number of nitrogens with one attached hydrogen (secondary N) is 1. The zero-order valence-electron chi connectivity index (χ0n) is 9.84. The summed E-state index contributed by atoms with van der Waals surface area (Å²) in [5.74, 6) is -0.00854. The summed E-state index contributed by atoms with van der Waals surface area (Å²) in [4.78, 5) is 15.1. The third-order valence-electron chi connectivity index (χ3n) is 2.31. The molecule has 7 nitrogen and oxygen atoms in total. The summed E-state index contributed by atoms with van der Waals surface area (Å²) in [6.45, 7) is 0. The van der Waals surface area contributed by atoms with Crippen LogP contribution >= 0.6 is 0 Å². The van der Waals surface area contributed by atoms with E-state index in [9.17, 15) is 9.90 Å². The predicted octanol–water partition coefficient (Wildman–Crippen LogP) is -0.760. The third-order valence-corrected chi connectivity index (χ3v) is 2.31. The van der Waals surface area contributed by atoms with Gasteiger partial charge in [0.15, 0.2) is 7.05 Å². The van der Waals surface area contributed by atoms with Gasteiger partial charge in [-0.3, -0.25) is 9.52 Å². The van der Waals surface area contributed by atoms with Crippen molar-refractivity contribution < 1.29 is 19.0 Å². The molecule has 1 N–H and O–H groups in total. The molecule has 0 unspecified atom stereocenters. The first-order valence-corrected chi connectivity index (χ1v) is 5.09. The smallest absolute Gasteiger partial charge is 0.435 e. The van der Waals surface area contributed by atoms with E-state index >= 15 is 0 Å². The van der Waals surface area contributed by atoms with E-state index in [0.717, 1.165) is 0 Å². The molecule has 0 atom stereocenters. The number of aromatic amines is 1. The van der Waals surface area contributed by atoms with Crippen LogP contribution in [-0.4, -0.2) is 18.3 Å². The molecule has 18 heavy (non-hydrogen) atoms. The van der Waals surface area contributed by atoms with E-state index in [1.165, 1.54) is 11.7 Å². The monoisotopic (exact) mass is 249 g/mol. The van der Waals surface area contributed by atoms with Crippen LogP contribution in [0.15, 0.2) is 38.6 Å². The van der Waals surface area contributed by atoms with Crippen molar-refractivity contribution in [1.82, 2.24) is 5.27 Å². The van der Waals surface area contributed by atoms with E-state index in [4.69, 9.17) is 4.74 Å². The molecule has 0 aliphatic rings. The van der Waals surface area contributed by atoms with Crippen LogP contribution in [0.3, 0.4) is 0 Å². The van der Waals surface area contributed by atoms with Gasteiger partial charge in [0, 0.05) is 0 Å². The SMILES string of the molecule is COc1ccc(N=C([O-])c2c(=O)o[nH][n+]2C)cc1. The zero-order chi connectivity index (χ0) is 13.1. The van der Waals surface area contributed by atoms with Crippen molar-refractivity contribution in [1.29, 1.82) is 0 Å². The molecule has 0 saturated heterocycles. The van der Waals surface area contributed by atoms with E-state index in [1.807, 2.05) is 0 Å². The Morgan fingerprint density at radius 3 is 2.61 bits per heavy atom. The lowest BCUT2D eigenvalue weighted by Gasteiger charge is -2.04. The van der Waals surface area contributed by atoms with Crippen LogP contribution in [0.1, 0.15) is 5.69 Å². The van der Waals surface area contributed by atoms with Gasteiger partial charge in [0.25, 0.3) is 0 Å². The number of aryl methyl sites for hydroxylation is 1. The highest BCUT2D eigenvalue weighted by Gasteiger charge is 2.17. The summed E-state index contributed by atoms with van der Waals surface area (Å²) in [6, 6.07) is 6.58. The Hall–Kier alpha value is -2.57. The van der Waals surface area contributed by atoms with Gasteiger partial charge in [-0.2, -0.15) is 0 Å². The van der Waals surface area contributed by atoms with E-state index in [0.29, 0.717) is 11.4 Å². The highest BCUT2D eigenvalue weighted by molar-refractivity contribution is 5.88. The molecule has 0 aliphatic heterocycles. The van der Waals surface area contributed by atoms with Crippen molar-refractivity contribution in [2.45, 2.75) is 0 Å². The number of hydrogen-bond donors (Lipinski definition) is 1. The number of benzene rings is 1. The molecule has 0 saturated carbocycles. The first-order valence-electron chi connectivity index (χ1n) is 5.09. The lowest BCUT2D eigenvalue weighted by atomic mass is 10.3. The van der Waals surface area contributed by atoms with Crippen molar-refractivity contribution in [3.05, 3.63) is 40.4 Å². The quantitative estimate of drug-likeness (QED) is 0.439. The van der Waals surface area contributed by atoms with E-state index in [1.54, 1.807) is 31.4 Å². The van der Waals surface area contributed by atoms with Crippen LogP contribution in [0.5, 0.6) is 5.75 Å². The maximum Gasteiger partial charge on any atom is 0.435 e. The molecular formula is C11H11N3O4. The van der Waals surface area contributed by atoms with Gasteiger partial charge in [0.1, 0.15) is 5.75 Å². The Kier molecular flexibility index (Phi) is 3.13. The number of hydrogen-bond acceptors (Lipinski definition) is 5. The largest absolute Gasteiger partial charge is 0.854 e. The number of aromatic nitrogens is 2. The Morgan fingerprint density at radius 2 is 2.11 bits per heavy atom. The molecule has 2 aromatic rings. The predicted molar refractivity (Wildman–Crippen MR) is 59.7 cm³/mol. The lowest BCUT2D eigenvalue weighted by molar-refractivity contribution is -0.742. The topological polar surface area (TPSA) is 94.5 Å². The van der Waals surface area contributed by atoms with Gasteiger partial charge in [-0.05, 0) is 29.5 Å². The fourth-order valence-electron chi connectivity index (χ4n) is 1.40. The van der Waals surface area contributed by atoms with Crippen LogP contribution in [0.25, 0.3) is 0 Å². The van der Waals surface area contributed by atoms with Crippen molar-refractivity contribution in [2.75, 3.05) is 7.11 Å². The van der Waals surface area contributed by atoms with Crippen LogP contribution in [0, 0.1) is 0 Å². The molecule has 0 bridgehead atoms. The van der Waals surface area contributed by atoms with Crippen molar-refractivity contribution in [3.63, 3.8) is 0 Å². The molecule has 0 amide bonds. The average molecular weight is 249 g/mol. The maximum atomic E-state index is 11.8. The Morgan fingerprint density at radius 1 is 1.44 bits per heavy atom. The number of nitrogens with zero attached hydrogens (tertiary/aromatic N) is 2. The zero-order valence-corrected chi connectivity index (χ0v) is 9.84. The van der Waals surface area contributed by atoms with Crippen molar-refractivity contribution in [3.8, 4) is 5.75 Å². The van der Waals surface area contributed by atoms with Crippen molar-refractivity contribution in [2.24, 2.45) is 12.0 Å². The first-order chi connectivity index (χ1) is 8.61. The standard InChI is InChI=1S/C11H11N3O4/c1-14-9(11(16)18-13-14)10(15)12-7-3-5-8(17-2)6-4-7/h3-6H,1-2H3,(H-,12,13,15,16). The second-order valence-electron chi connectivity index (χ2n) is 3.50. The number of rotatable bonds is 3. The highest BCUT2D eigenvalue weighted by Crippen LogP contribution is 2.17. The number of ether oxygens (including phenoxy) is 1. The Bertz CT molecular complexity index is 624. The maximum absolute atomic E-state index is 11.8. The molecule has 2 rings (SSSR count). The minimum atomic E-state index is -0.750. The summed E-state index contributed by atoms with van der Waals surface area (Å²) in [5, 5.41) is 14.0. The number of methoxy groups -OCH3 is 1. The third kappa shape index (κ3) is 2.24. The van der Waals surface area contributed by atoms with Crippen LogP contribution in [0.2, 0.25) is 0 Å². The Labute approximate surface area is 102 Å². The second-order valence-corrected chi connectivity index (χ2v) is 3.50. The van der Waals surface area contributed by atoms with Gasteiger partial charge < -0.3 is 9.84 Å². The van der Waals surface area contributed by atoms with E-state index < -0.39 is 11.5 Å². The summed E-state index contributed by atoms with van der Waals surface area (Å²) >= 11 is 0. The molecule has 7 heteroatoms.